The van der Waals surface area contributed by atoms with E-state index in [1.165, 1.54) is 6.92 Å². The molecule has 4 saturated carbocycles. The van der Waals surface area contributed by atoms with Gasteiger partial charge in [0.1, 0.15) is 67.1 Å². The lowest BCUT2D eigenvalue weighted by molar-refractivity contribution is -0.361. The zero-order valence-corrected chi connectivity index (χ0v) is 40.2. The molecule has 0 aromatic carbocycles. The maximum Gasteiger partial charge on any atom is 0.315 e. The Kier molecular flexibility index (Phi) is 14.3. The van der Waals surface area contributed by atoms with Gasteiger partial charge in [0.15, 0.2) is 12.6 Å². The Morgan fingerprint density at radius 1 is 0.676 bits per heavy atom. The van der Waals surface area contributed by atoms with E-state index in [4.69, 9.17) is 28.4 Å². The van der Waals surface area contributed by atoms with Gasteiger partial charge in [0.2, 0.25) is 6.29 Å². The van der Waals surface area contributed by atoms with Gasteiger partial charge in [0, 0.05) is 11.3 Å². The average molecular weight is 975 g/mol. The van der Waals surface area contributed by atoms with Gasteiger partial charge < -0.3 is 94.8 Å². The summed E-state index contributed by atoms with van der Waals surface area (Å²) in [5.74, 6) is -1.51. The quantitative estimate of drug-likeness (QED) is 0.0885. The summed E-state index contributed by atoms with van der Waals surface area (Å²) in [6.07, 6.45) is -21.7. The van der Waals surface area contributed by atoms with Crippen molar-refractivity contribution in [1.29, 1.82) is 0 Å². The number of fused-ring (bicyclic) bond motifs is 7. The van der Waals surface area contributed by atoms with E-state index in [9.17, 15) is 71.2 Å². The number of rotatable bonds is 9. The van der Waals surface area contributed by atoms with E-state index in [-0.39, 0.29) is 23.7 Å². The Hall–Kier alpha value is -1.51. The van der Waals surface area contributed by atoms with E-state index in [1.54, 1.807) is 6.92 Å². The Balaban J connectivity index is 0.991. The first-order valence-electron chi connectivity index (χ1n) is 24.5. The van der Waals surface area contributed by atoms with E-state index in [0.29, 0.717) is 44.9 Å². The molecule has 20 nitrogen and oxygen atoms in total. The minimum Gasteiger partial charge on any atom is -0.432 e. The van der Waals surface area contributed by atoms with E-state index in [1.807, 2.05) is 0 Å². The number of aliphatic hydroxyl groups excluding tert-OH is 13. The van der Waals surface area contributed by atoms with Crippen molar-refractivity contribution in [2.24, 2.45) is 50.2 Å². The predicted octanol–water partition coefficient (Wildman–Crippen LogP) is -1.92. The van der Waals surface area contributed by atoms with Gasteiger partial charge in [-0.05, 0) is 91.8 Å². The van der Waals surface area contributed by atoms with Crippen molar-refractivity contribution >= 4 is 5.97 Å². The van der Waals surface area contributed by atoms with Crippen LogP contribution < -0.4 is 0 Å². The molecule has 68 heavy (non-hydrogen) atoms. The second-order valence-corrected chi connectivity index (χ2v) is 23.7. The van der Waals surface area contributed by atoms with Crippen LogP contribution in [0.1, 0.15) is 99.8 Å². The Morgan fingerprint density at radius 3 is 1.96 bits per heavy atom. The molecule has 3 heterocycles. The van der Waals surface area contributed by atoms with E-state index >= 15 is 0 Å². The van der Waals surface area contributed by atoms with Crippen LogP contribution in [0.2, 0.25) is 0 Å². The van der Waals surface area contributed by atoms with Crippen molar-refractivity contribution in [2.75, 3.05) is 19.8 Å². The van der Waals surface area contributed by atoms with Crippen LogP contribution in [-0.4, -0.2) is 203 Å². The highest BCUT2D eigenvalue weighted by atomic mass is 16.8. The highest BCUT2D eigenvalue weighted by Gasteiger charge is 2.73. The van der Waals surface area contributed by atoms with Crippen LogP contribution in [-0.2, 0) is 33.2 Å². The standard InChI is InChI=1S/C48H78O20/c1-20-28(53)30(55)33(58)40(64-20)67-36-25(17-49)65-39(35(60)32(36)57)63-18-26-29(54)31(56)34(59)41(66-26)68-42(62)48-12-10-43(2,3)14-22(48)21-8-9-27-44(4)15-24(52)38(61)45(5,19-50)37(44)23(51)16-47(27,7)46(21,6)11-13-48/h8,20,22-41,49-61H,9-19H2,1-7H3/t20-,22-,23+,24+,25+,26+,27?,28-,29+,30+,31-,32+,33+,34+,35+,36+,37?,38-,39+,40-,41-,44+,45-,46+,47+,48-/m0/s1. The SMILES string of the molecule is C[C@@H]1O[C@@H](O[C@H]2[C@H](O)[C@@H](O)[C@H](OC[C@H]3O[C@@H](OC(=O)[C@]45CCC(C)(C)C[C@H]4C4=CCC6[C@@]7(C)C[C@@H](O)[C@H](O)[C@@](C)(CO)C7[C@H](O)C[C@@]6(C)[C@]4(C)CC5)[C@H](O)[C@@H](O)[C@@H]3O)O[C@@H]2CO)[C@H](O)[C@H](O)[C@H]1O. The summed E-state index contributed by atoms with van der Waals surface area (Å²) in [6.45, 7) is 12.1. The highest BCUT2D eigenvalue weighted by molar-refractivity contribution is 5.79. The molecule has 20 heteroatoms. The van der Waals surface area contributed by atoms with Crippen LogP contribution >= 0.6 is 0 Å². The van der Waals surface area contributed by atoms with E-state index < -0.39 is 169 Å². The molecule has 8 aliphatic rings. The van der Waals surface area contributed by atoms with E-state index in [2.05, 4.69) is 40.7 Å². The van der Waals surface area contributed by atoms with Gasteiger partial charge in [-0.2, -0.15) is 0 Å². The minimum atomic E-state index is -1.89. The van der Waals surface area contributed by atoms with Gasteiger partial charge in [0.25, 0.3) is 0 Å². The molecule has 0 amide bonds. The second kappa shape index (κ2) is 18.5. The number of esters is 1. The molecule has 0 spiro atoms. The predicted molar refractivity (Wildman–Crippen MR) is 233 cm³/mol. The number of hydrogen-bond acceptors (Lipinski definition) is 20. The summed E-state index contributed by atoms with van der Waals surface area (Å²) in [4.78, 5) is 15.0. The second-order valence-electron chi connectivity index (χ2n) is 23.7. The molecule has 2 unspecified atom stereocenters. The van der Waals surface area contributed by atoms with Crippen LogP contribution in [0.15, 0.2) is 11.6 Å². The molecule has 0 bridgehead atoms. The van der Waals surface area contributed by atoms with Gasteiger partial charge in [-0.3, -0.25) is 4.79 Å². The minimum absolute atomic E-state index is 0.0494. The third-order valence-corrected chi connectivity index (χ3v) is 19.3. The van der Waals surface area contributed by atoms with Gasteiger partial charge in [-0.1, -0.05) is 53.2 Å². The van der Waals surface area contributed by atoms with Gasteiger partial charge in [-0.15, -0.1) is 0 Å². The van der Waals surface area contributed by atoms with Crippen molar-refractivity contribution in [1.82, 2.24) is 0 Å². The number of hydrogen-bond donors (Lipinski definition) is 13. The number of carbonyl (C=O) groups excluding carboxylic acids is 1. The average Bonchev–Trinajstić information content (AvgIpc) is 3.28. The summed E-state index contributed by atoms with van der Waals surface area (Å²) in [5.41, 5.74) is -3.01. The van der Waals surface area contributed by atoms with Crippen molar-refractivity contribution in [3.05, 3.63) is 11.6 Å². The molecule has 0 aromatic rings. The molecule has 7 fully saturated rings. The molecular weight excluding hydrogens is 897 g/mol. The highest BCUT2D eigenvalue weighted by Crippen LogP contribution is 2.76. The van der Waals surface area contributed by atoms with Crippen molar-refractivity contribution < 1.29 is 99.6 Å². The molecular formula is C48H78O20. The molecule has 0 aromatic heterocycles. The first kappa shape index (κ1) is 52.8. The van der Waals surface area contributed by atoms with Crippen LogP contribution in [0.4, 0.5) is 0 Å². The molecule has 26 atom stereocenters. The lowest BCUT2D eigenvalue weighted by atomic mass is 9.33. The summed E-state index contributed by atoms with van der Waals surface area (Å²) in [5, 5.41) is 142. The monoisotopic (exact) mass is 975 g/mol. The fourth-order valence-corrected chi connectivity index (χ4v) is 15.1. The summed E-state index contributed by atoms with van der Waals surface area (Å²) in [6, 6.07) is 0. The van der Waals surface area contributed by atoms with Gasteiger partial charge in [0.05, 0.1) is 49.7 Å². The molecule has 3 saturated heterocycles. The lowest BCUT2D eigenvalue weighted by Crippen LogP contribution is -2.71. The van der Waals surface area contributed by atoms with Gasteiger partial charge in [-0.25, -0.2) is 0 Å². The van der Waals surface area contributed by atoms with E-state index in [0.717, 1.165) is 5.57 Å². The number of carbonyl (C=O) groups is 1. The summed E-state index contributed by atoms with van der Waals surface area (Å²) < 4.78 is 34.6. The molecule has 8 rings (SSSR count). The van der Waals surface area contributed by atoms with Crippen LogP contribution in [0, 0.1) is 50.2 Å². The summed E-state index contributed by atoms with van der Waals surface area (Å²) in [7, 11) is 0. The molecule has 390 valence electrons. The maximum absolute atomic E-state index is 15.0. The fraction of sp³-hybridized carbons (Fsp3) is 0.938. The third-order valence-electron chi connectivity index (χ3n) is 19.3. The first-order valence-corrected chi connectivity index (χ1v) is 24.5. The van der Waals surface area contributed by atoms with Crippen molar-refractivity contribution in [3.8, 4) is 0 Å². The summed E-state index contributed by atoms with van der Waals surface area (Å²) >= 11 is 0. The Bertz CT molecular complexity index is 1870. The first-order chi connectivity index (χ1) is 31.7. The lowest BCUT2D eigenvalue weighted by Gasteiger charge is -2.72. The number of ether oxygens (including phenoxy) is 6. The molecule has 3 aliphatic heterocycles. The van der Waals surface area contributed by atoms with Crippen LogP contribution in [0.5, 0.6) is 0 Å². The van der Waals surface area contributed by atoms with Crippen molar-refractivity contribution in [3.63, 3.8) is 0 Å². The van der Waals surface area contributed by atoms with Crippen LogP contribution in [0.25, 0.3) is 0 Å². The fourth-order valence-electron chi connectivity index (χ4n) is 15.1. The molecule has 5 aliphatic carbocycles. The zero-order chi connectivity index (χ0) is 50.0. The Morgan fingerprint density at radius 2 is 1.29 bits per heavy atom. The maximum atomic E-state index is 15.0. The largest absolute Gasteiger partial charge is 0.432 e. The molecule has 13 N–H and O–H groups in total. The molecule has 0 radical (unpaired) electrons. The smallest absolute Gasteiger partial charge is 0.315 e. The normalized spacial score (nSPS) is 55.7. The number of aliphatic hydroxyl groups is 13. The number of allylic oxidation sites excluding steroid dienone is 2. The van der Waals surface area contributed by atoms with Gasteiger partial charge >= 0.3 is 5.97 Å². The third kappa shape index (κ3) is 8.07. The topological polar surface area (TPSA) is 335 Å². The van der Waals surface area contributed by atoms with Crippen molar-refractivity contribution in [2.45, 2.75) is 210 Å². The Labute approximate surface area is 396 Å². The van der Waals surface area contributed by atoms with Crippen LogP contribution in [0.3, 0.4) is 0 Å². The zero-order valence-electron chi connectivity index (χ0n) is 40.2.